The highest BCUT2D eigenvalue weighted by molar-refractivity contribution is 5.25. The van der Waals surface area contributed by atoms with Gasteiger partial charge in [0, 0.05) is 6.08 Å². The third kappa shape index (κ3) is 7.46. The van der Waals surface area contributed by atoms with Gasteiger partial charge in [-0.15, -0.1) is 0 Å². The van der Waals surface area contributed by atoms with E-state index < -0.39 is 0 Å². The number of nitriles is 1. The second kappa shape index (κ2) is 12.8. The molecule has 2 aliphatic rings. The molecule has 0 heterocycles. The summed E-state index contributed by atoms with van der Waals surface area (Å²) in [6.07, 6.45) is 25.7. The molecular formula is C29H41N. The van der Waals surface area contributed by atoms with Crippen LogP contribution in [0.25, 0.3) is 0 Å². The average molecular weight is 404 g/mol. The summed E-state index contributed by atoms with van der Waals surface area (Å²) in [6.45, 7) is 2.24. The van der Waals surface area contributed by atoms with E-state index in [1.165, 1.54) is 82.3 Å². The first-order valence-electron chi connectivity index (χ1n) is 12.6. The summed E-state index contributed by atoms with van der Waals surface area (Å²) in [7, 11) is 0. The first kappa shape index (κ1) is 22.9. The second-order valence-corrected chi connectivity index (χ2v) is 9.77. The molecule has 1 aromatic rings. The molecule has 0 aliphatic heterocycles. The fourth-order valence-corrected chi connectivity index (χ4v) is 5.70. The lowest BCUT2D eigenvalue weighted by molar-refractivity contribution is 0.225. The number of hydrogen-bond acceptors (Lipinski definition) is 1. The predicted molar refractivity (Wildman–Crippen MR) is 128 cm³/mol. The Hall–Kier alpha value is -1.81. The highest BCUT2D eigenvalue weighted by atomic mass is 14.3. The van der Waals surface area contributed by atoms with E-state index in [-0.39, 0.29) is 0 Å². The molecule has 0 atom stereocenters. The van der Waals surface area contributed by atoms with Gasteiger partial charge < -0.3 is 0 Å². The van der Waals surface area contributed by atoms with Gasteiger partial charge in [0.25, 0.3) is 0 Å². The molecule has 1 nitrogen and oxygen atoms in total. The monoisotopic (exact) mass is 403 g/mol. The summed E-state index contributed by atoms with van der Waals surface area (Å²) in [5.74, 6) is 3.72. The number of rotatable bonds is 9. The average Bonchev–Trinajstić information content (AvgIpc) is 2.81. The molecular weight excluding hydrogens is 362 g/mol. The Labute approximate surface area is 185 Å². The topological polar surface area (TPSA) is 23.8 Å². The molecule has 3 rings (SSSR count). The van der Waals surface area contributed by atoms with E-state index in [1.807, 2.05) is 18.2 Å². The summed E-state index contributed by atoms with van der Waals surface area (Å²) in [5.41, 5.74) is 3.05. The van der Waals surface area contributed by atoms with E-state index in [1.54, 1.807) is 5.56 Å². The van der Waals surface area contributed by atoms with Crippen LogP contribution in [0.15, 0.2) is 48.6 Å². The maximum absolute atomic E-state index is 8.48. The molecule has 0 N–H and O–H groups in total. The molecule has 0 spiro atoms. The highest BCUT2D eigenvalue weighted by Gasteiger charge is 2.25. The van der Waals surface area contributed by atoms with Gasteiger partial charge in [-0.1, -0.05) is 87.9 Å². The number of allylic oxidation sites excluding steroid dienone is 4. The minimum absolute atomic E-state index is 0.812. The van der Waals surface area contributed by atoms with Crippen molar-refractivity contribution >= 4 is 0 Å². The van der Waals surface area contributed by atoms with Crippen molar-refractivity contribution in [2.75, 3.05) is 0 Å². The van der Waals surface area contributed by atoms with Crippen molar-refractivity contribution in [1.82, 2.24) is 0 Å². The van der Waals surface area contributed by atoms with Crippen LogP contribution in [0.4, 0.5) is 0 Å². The van der Waals surface area contributed by atoms with Crippen molar-refractivity contribution in [3.8, 4) is 6.07 Å². The number of hydrogen-bond donors (Lipinski definition) is 0. The smallest absolute Gasteiger partial charge is 0.0912 e. The third-order valence-corrected chi connectivity index (χ3v) is 7.82. The van der Waals surface area contributed by atoms with Crippen LogP contribution < -0.4 is 0 Å². The van der Waals surface area contributed by atoms with Crippen LogP contribution in [-0.4, -0.2) is 0 Å². The minimum atomic E-state index is 0.812. The molecule has 30 heavy (non-hydrogen) atoms. The zero-order chi connectivity index (χ0) is 21.0. The van der Waals surface area contributed by atoms with Gasteiger partial charge in [-0.3, -0.25) is 0 Å². The minimum Gasteiger partial charge on any atom is -0.193 e. The van der Waals surface area contributed by atoms with Crippen LogP contribution in [0.2, 0.25) is 0 Å². The van der Waals surface area contributed by atoms with Gasteiger partial charge in [-0.05, 0) is 79.7 Å². The normalized spacial score (nSPS) is 27.5. The molecule has 0 amide bonds. The van der Waals surface area contributed by atoms with Crippen molar-refractivity contribution < 1.29 is 0 Å². The van der Waals surface area contributed by atoms with Crippen molar-refractivity contribution in [2.24, 2.45) is 17.8 Å². The zero-order valence-corrected chi connectivity index (χ0v) is 19.1. The predicted octanol–water partition coefficient (Wildman–Crippen LogP) is 8.53. The van der Waals surface area contributed by atoms with Gasteiger partial charge in [-0.2, -0.15) is 5.26 Å². The SMILES string of the molecule is CCc1ccc([C@H]2CC[C@H](CC[C@H]3CC[C@H](CC/C=C/C=C/C#N)CC3)CC2)cc1. The van der Waals surface area contributed by atoms with Crippen LogP contribution >= 0.6 is 0 Å². The Bertz CT molecular complexity index is 689. The van der Waals surface area contributed by atoms with Crippen LogP contribution in [0.1, 0.15) is 101 Å². The molecule has 2 fully saturated rings. The van der Waals surface area contributed by atoms with Crippen LogP contribution in [0, 0.1) is 29.1 Å². The second-order valence-electron chi connectivity index (χ2n) is 9.77. The number of nitrogens with zero attached hydrogens (tertiary/aromatic N) is 1. The summed E-state index contributed by atoms with van der Waals surface area (Å²) >= 11 is 0. The van der Waals surface area contributed by atoms with E-state index >= 15 is 0 Å². The van der Waals surface area contributed by atoms with E-state index in [2.05, 4.69) is 37.3 Å². The Balaban J connectivity index is 1.28. The van der Waals surface area contributed by atoms with Crippen molar-refractivity contribution in [1.29, 1.82) is 5.26 Å². The molecule has 0 radical (unpaired) electrons. The van der Waals surface area contributed by atoms with Gasteiger partial charge in [0.05, 0.1) is 6.07 Å². The Morgan fingerprint density at radius 1 is 0.800 bits per heavy atom. The van der Waals surface area contributed by atoms with Crippen molar-refractivity contribution in [3.05, 3.63) is 59.7 Å². The van der Waals surface area contributed by atoms with Crippen molar-refractivity contribution in [3.63, 3.8) is 0 Å². The lowest BCUT2D eigenvalue weighted by Crippen LogP contribution is -2.17. The zero-order valence-electron chi connectivity index (χ0n) is 19.1. The van der Waals surface area contributed by atoms with Crippen molar-refractivity contribution in [2.45, 2.75) is 96.3 Å². The number of aryl methyl sites for hydroxylation is 1. The molecule has 2 saturated carbocycles. The standard InChI is InChI=1S/C29H41N/c1-2-24-15-19-28(20-16-24)29-21-17-27(18-22-29)14-13-26-11-9-25(10-12-26)8-6-4-3-5-7-23-30/h3-5,7,15-16,19-20,25-27,29H,2,6,8-14,17-18,21-22H2,1H3/b4-3+,7-5+/t25-,26-,27-,29-. The lowest BCUT2D eigenvalue weighted by Gasteiger charge is -2.32. The Morgan fingerprint density at radius 3 is 1.93 bits per heavy atom. The molecule has 162 valence electrons. The molecule has 1 heteroatoms. The van der Waals surface area contributed by atoms with E-state index in [9.17, 15) is 0 Å². The van der Waals surface area contributed by atoms with E-state index in [0.717, 1.165) is 36.5 Å². The maximum Gasteiger partial charge on any atom is 0.0912 e. The highest BCUT2D eigenvalue weighted by Crippen LogP contribution is 2.40. The molecule has 2 aliphatic carbocycles. The molecule has 0 aromatic heterocycles. The van der Waals surface area contributed by atoms with Gasteiger partial charge in [0.1, 0.15) is 0 Å². The van der Waals surface area contributed by atoms with Gasteiger partial charge >= 0.3 is 0 Å². The summed E-state index contributed by atoms with van der Waals surface area (Å²) in [5, 5.41) is 8.48. The van der Waals surface area contributed by atoms with Crippen LogP contribution in [-0.2, 0) is 6.42 Å². The van der Waals surface area contributed by atoms with E-state index in [0.29, 0.717) is 0 Å². The molecule has 0 saturated heterocycles. The summed E-state index contributed by atoms with van der Waals surface area (Å²) in [4.78, 5) is 0. The van der Waals surface area contributed by atoms with Crippen LogP contribution in [0.3, 0.4) is 0 Å². The number of benzene rings is 1. The van der Waals surface area contributed by atoms with E-state index in [4.69, 9.17) is 5.26 Å². The summed E-state index contributed by atoms with van der Waals surface area (Å²) < 4.78 is 0. The molecule has 0 unspecified atom stereocenters. The molecule has 0 bridgehead atoms. The maximum atomic E-state index is 8.48. The Kier molecular flexibility index (Phi) is 9.75. The molecule has 1 aromatic carbocycles. The fourth-order valence-electron chi connectivity index (χ4n) is 5.70. The van der Waals surface area contributed by atoms with Gasteiger partial charge in [-0.25, -0.2) is 0 Å². The van der Waals surface area contributed by atoms with Gasteiger partial charge in [0.2, 0.25) is 0 Å². The largest absolute Gasteiger partial charge is 0.193 e. The lowest BCUT2D eigenvalue weighted by atomic mass is 9.74. The van der Waals surface area contributed by atoms with Gasteiger partial charge in [0.15, 0.2) is 0 Å². The first-order valence-corrected chi connectivity index (χ1v) is 12.6. The quantitative estimate of drug-likeness (QED) is 0.299. The van der Waals surface area contributed by atoms with Crippen LogP contribution in [0.5, 0.6) is 0 Å². The third-order valence-electron chi connectivity index (χ3n) is 7.82. The summed E-state index contributed by atoms with van der Waals surface area (Å²) in [6, 6.07) is 11.5. The fraction of sp³-hybridized carbons (Fsp3) is 0.621. The first-order chi connectivity index (χ1) is 14.8. The Morgan fingerprint density at radius 2 is 1.37 bits per heavy atom.